The summed E-state index contributed by atoms with van der Waals surface area (Å²) < 4.78 is 5.73. The lowest BCUT2D eigenvalue weighted by molar-refractivity contribution is 0.482. The van der Waals surface area contributed by atoms with E-state index in [4.69, 9.17) is 10.5 Å². The van der Waals surface area contributed by atoms with E-state index in [9.17, 15) is 0 Å². The van der Waals surface area contributed by atoms with Gasteiger partial charge in [-0.1, -0.05) is 30.3 Å². The molecule has 18 heavy (non-hydrogen) atoms. The van der Waals surface area contributed by atoms with E-state index >= 15 is 0 Å². The fourth-order valence-corrected chi connectivity index (χ4v) is 1.81. The maximum absolute atomic E-state index is 5.73. The van der Waals surface area contributed by atoms with E-state index in [0.717, 1.165) is 11.5 Å². The van der Waals surface area contributed by atoms with Crippen LogP contribution in [-0.4, -0.2) is 13.6 Å². The second-order valence-electron chi connectivity index (χ2n) is 4.06. The van der Waals surface area contributed by atoms with E-state index in [0.29, 0.717) is 6.54 Å². The van der Waals surface area contributed by atoms with Gasteiger partial charge in [-0.05, 0) is 36.9 Å². The lowest BCUT2D eigenvalue weighted by atomic mass is 10.1. The zero-order valence-electron chi connectivity index (χ0n) is 10.5. The number of hydrogen-bond acceptors (Lipinski definition) is 3. The van der Waals surface area contributed by atoms with Gasteiger partial charge in [-0.2, -0.15) is 0 Å². The van der Waals surface area contributed by atoms with Crippen molar-refractivity contribution in [2.45, 2.75) is 6.04 Å². The topological polar surface area (TPSA) is 47.3 Å². The molecule has 0 radical (unpaired) electrons. The smallest absolute Gasteiger partial charge is 0.127 e. The molecule has 0 amide bonds. The molecule has 0 saturated carbocycles. The predicted octanol–water partition coefficient (Wildman–Crippen LogP) is 2.70. The van der Waals surface area contributed by atoms with Crippen LogP contribution >= 0.6 is 0 Å². The maximum atomic E-state index is 5.73. The fourth-order valence-electron chi connectivity index (χ4n) is 1.81. The van der Waals surface area contributed by atoms with E-state index in [1.54, 1.807) is 0 Å². The van der Waals surface area contributed by atoms with Gasteiger partial charge in [-0.3, -0.25) is 0 Å². The van der Waals surface area contributed by atoms with Crippen molar-refractivity contribution in [3.63, 3.8) is 0 Å². The van der Waals surface area contributed by atoms with Crippen molar-refractivity contribution in [1.82, 2.24) is 5.32 Å². The summed E-state index contributed by atoms with van der Waals surface area (Å²) in [6, 6.07) is 17.9. The minimum atomic E-state index is 0.191. The van der Waals surface area contributed by atoms with Gasteiger partial charge >= 0.3 is 0 Å². The number of ether oxygens (including phenoxy) is 1. The highest BCUT2D eigenvalue weighted by atomic mass is 16.5. The first kappa shape index (κ1) is 12.6. The van der Waals surface area contributed by atoms with Gasteiger partial charge in [0.05, 0.1) is 0 Å². The highest BCUT2D eigenvalue weighted by molar-refractivity contribution is 5.34. The Balaban J connectivity index is 2.08. The van der Waals surface area contributed by atoms with Gasteiger partial charge < -0.3 is 15.8 Å². The molecule has 2 rings (SSSR count). The molecule has 0 aromatic heterocycles. The number of likely N-dealkylation sites (N-methyl/N-ethyl adjacent to an activating group) is 1. The first-order valence-electron chi connectivity index (χ1n) is 6.03. The minimum Gasteiger partial charge on any atom is -0.457 e. The van der Waals surface area contributed by atoms with Gasteiger partial charge in [0.2, 0.25) is 0 Å². The summed E-state index contributed by atoms with van der Waals surface area (Å²) in [6.45, 7) is 0.579. The maximum Gasteiger partial charge on any atom is 0.127 e. The molecule has 3 N–H and O–H groups in total. The molecular weight excluding hydrogens is 224 g/mol. The molecule has 0 spiro atoms. The summed E-state index contributed by atoms with van der Waals surface area (Å²) in [5.74, 6) is 1.67. The van der Waals surface area contributed by atoms with Crippen molar-refractivity contribution in [2.24, 2.45) is 5.73 Å². The third-order valence-electron chi connectivity index (χ3n) is 2.85. The molecule has 94 valence electrons. The van der Waals surface area contributed by atoms with Gasteiger partial charge in [-0.25, -0.2) is 0 Å². The van der Waals surface area contributed by atoms with Crippen molar-refractivity contribution >= 4 is 0 Å². The molecule has 0 heterocycles. The van der Waals surface area contributed by atoms with Crippen molar-refractivity contribution in [2.75, 3.05) is 13.6 Å². The first-order valence-corrected chi connectivity index (χ1v) is 6.03. The van der Waals surface area contributed by atoms with Gasteiger partial charge in [0.25, 0.3) is 0 Å². The molecular formula is C15H18N2O. The molecule has 3 heteroatoms. The van der Waals surface area contributed by atoms with Crippen molar-refractivity contribution in [3.05, 3.63) is 60.2 Å². The van der Waals surface area contributed by atoms with Crippen LogP contribution in [0, 0.1) is 0 Å². The summed E-state index contributed by atoms with van der Waals surface area (Å²) in [5.41, 5.74) is 6.85. The van der Waals surface area contributed by atoms with Gasteiger partial charge in [-0.15, -0.1) is 0 Å². The second-order valence-corrected chi connectivity index (χ2v) is 4.06. The number of nitrogens with two attached hydrogens (primary N) is 1. The zero-order chi connectivity index (χ0) is 12.8. The molecule has 0 aliphatic heterocycles. The Kier molecular flexibility index (Phi) is 4.34. The standard InChI is InChI=1S/C15H18N2O/c1-17-15(11-16)12-7-9-14(10-8-12)18-13-5-3-2-4-6-13/h2-10,15,17H,11,16H2,1H3. The molecule has 3 nitrogen and oxygen atoms in total. The Labute approximate surface area is 108 Å². The molecule has 0 saturated heterocycles. The Morgan fingerprint density at radius 3 is 2.17 bits per heavy atom. The third kappa shape index (κ3) is 3.09. The molecule has 2 aromatic rings. The van der Waals surface area contributed by atoms with Crippen LogP contribution < -0.4 is 15.8 Å². The molecule has 2 aromatic carbocycles. The van der Waals surface area contributed by atoms with Crippen molar-refractivity contribution in [1.29, 1.82) is 0 Å². The lowest BCUT2D eigenvalue weighted by Gasteiger charge is -2.14. The van der Waals surface area contributed by atoms with E-state index < -0.39 is 0 Å². The highest BCUT2D eigenvalue weighted by Crippen LogP contribution is 2.22. The van der Waals surface area contributed by atoms with Crippen LogP contribution in [0.25, 0.3) is 0 Å². The Morgan fingerprint density at radius 1 is 1.00 bits per heavy atom. The minimum absolute atomic E-state index is 0.191. The Bertz CT molecular complexity index is 464. The second kappa shape index (κ2) is 6.19. The van der Waals surface area contributed by atoms with Crippen LogP contribution in [0.5, 0.6) is 11.5 Å². The van der Waals surface area contributed by atoms with E-state index in [-0.39, 0.29) is 6.04 Å². The number of para-hydroxylation sites is 1. The molecule has 0 bridgehead atoms. The molecule has 0 aliphatic carbocycles. The lowest BCUT2D eigenvalue weighted by Crippen LogP contribution is -2.24. The third-order valence-corrected chi connectivity index (χ3v) is 2.85. The zero-order valence-corrected chi connectivity index (χ0v) is 10.5. The molecule has 1 unspecified atom stereocenters. The average molecular weight is 242 g/mol. The molecule has 0 aliphatic rings. The summed E-state index contributed by atoms with van der Waals surface area (Å²) >= 11 is 0. The Morgan fingerprint density at radius 2 is 1.61 bits per heavy atom. The summed E-state index contributed by atoms with van der Waals surface area (Å²) in [6.07, 6.45) is 0. The summed E-state index contributed by atoms with van der Waals surface area (Å²) in [5, 5.41) is 3.17. The van der Waals surface area contributed by atoms with E-state index in [1.807, 2.05) is 61.6 Å². The first-order chi connectivity index (χ1) is 8.83. The molecule has 0 fully saturated rings. The Hall–Kier alpha value is -1.84. The van der Waals surface area contributed by atoms with Crippen molar-refractivity contribution < 1.29 is 4.74 Å². The number of nitrogens with one attached hydrogen (secondary N) is 1. The predicted molar refractivity (Wildman–Crippen MR) is 73.8 cm³/mol. The highest BCUT2D eigenvalue weighted by Gasteiger charge is 2.06. The largest absolute Gasteiger partial charge is 0.457 e. The average Bonchev–Trinajstić information content (AvgIpc) is 2.43. The van der Waals surface area contributed by atoms with Crippen LogP contribution in [0.2, 0.25) is 0 Å². The quantitative estimate of drug-likeness (QED) is 0.847. The van der Waals surface area contributed by atoms with Crippen LogP contribution in [0.15, 0.2) is 54.6 Å². The van der Waals surface area contributed by atoms with Gasteiger partial charge in [0, 0.05) is 12.6 Å². The van der Waals surface area contributed by atoms with Crippen LogP contribution in [0.4, 0.5) is 0 Å². The van der Waals surface area contributed by atoms with E-state index in [1.165, 1.54) is 5.56 Å². The van der Waals surface area contributed by atoms with Crippen molar-refractivity contribution in [3.8, 4) is 11.5 Å². The van der Waals surface area contributed by atoms with Crippen LogP contribution in [0.3, 0.4) is 0 Å². The number of rotatable bonds is 5. The number of hydrogen-bond donors (Lipinski definition) is 2. The monoisotopic (exact) mass is 242 g/mol. The van der Waals surface area contributed by atoms with Gasteiger partial charge in [0.1, 0.15) is 11.5 Å². The number of benzene rings is 2. The molecule has 1 atom stereocenters. The van der Waals surface area contributed by atoms with Crippen LogP contribution in [-0.2, 0) is 0 Å². The fraction of sp³-hybridized carbons (Fsp3) is 0.200. The van der Waals surface area contributed by atoms with Crippen LogP contribution in [0.1, 0.15) is 11.6 Å². The van der Waals surface area contributed by atoms with Gasteiger partial charge in [0.15, 0.2) is 0 Å². The van der Waals surface area contributed by atoms with E-state index in [2.05, 4.69) is 5.32 Å². The normalized spacial score (nSPS) is 12.1. The summed E-state index contributed by atoms with van der Waals surface area (Å²) in [7, 11) is 1.91. The SMILES string of the molecule is CNC(CN)c1ccc(Oc2ccccc2)cc1. The summed E-state index contributed by atoms with van der Waals surface area (Å²) in [4.78, 5) is 0.